The zero-order valence-corrected chi connectivity index (χ0v) is 17.5. The summed E-state index contributed by atoms with van der Waals surface area (Å²) < 4.78 is 12.3. The topological polar surface area (TPSA) is 41.9 Å². The van der Waals surface area contributed by atoms with Gasteiger partial charge < -0.3 is 19.3 Å². The van der Waals surface area contributed by atoms with Gasteiger partial charge in [0.25, 0.3) is 0 Å². The molecule has 3 heterocycles. The average Bonchev–Trinajstić information content (AvgIpc) is 2.78. The van der Waals surface area contributed by atoms with Crippen molar-refractivity contribution in [2.24, 2.45) is 0 Å². The maximum Gasteiger partial charge on any atom is 0.494 e. The van der Waals surface area contributed by atoms with Gasteiger partial charge in [-0.05, 0) is 71.5 Å². The molecule has 148 valence electrons. The van der Waals surface area contributed by atoms with Gasteiger partial charge in [0.1, 0.15) is 0 Å². The Kier molecular flexibility index (Phi) is 4.74. The monoisotopic (exact) mass is 371 g/mol. The summed E-state index contributed by atoms with van der Waals surface area (Å²) in [6, 6.07) is 9.52. The van der Waals surface area contributed by atoms with Crippen LogP contribution in [0.4, 0.5) is 0 Å². The van der Waals surface area contributed by atoms with Crippen molar-refractivity contribution < 1.29 is 14.4 Å². The van der Waals surface area contributed by atoms with Crippen LogP contribution in [0, 0.1) is 0 Å². The van der Waals surface area contributed by atoms with Crippen molar-refractivity contribution in [1.29, 1.82) is 0 Å². The summed E-state index contributed by atoms with van der Waals surface area (Å²) in [6.07, 6.45) is 6.25. The Morgan fingerprint density at radius 1 is 1.00 bits per heavy atom. The Morgan fingerprint density at radius 2 is 1.52 bits per heavy atom. The molecule has 0 saturated carbocycles. The molecular weight excluding hydrogens is 337 g/mol. The maximum absolute atomic E-state index is 11.3. The fraction of sp³-hybridized carbons (Fsp3) is 0.727. The van der Waals surface area contributed by atoms with Crippen LogP contribution in [0.2, 0.25) is 0 Å². The van der Waals surface area contributed by atoms with E-state index in [0.717, 1.165) is 24.7 Å². The molecular formula is C22H34BNO3. The Labute approximate surface area is 164 Å². The second-order valence-electron chi connectivity index (χ2n) is 10.0. The van der Waals surface area contributed by atoms with Crippen LogP contribution in [0.5, 0.6) is 0 Å². The molecule has 0 radical (unpaired) electrons. The Hall–Kier alpha value is -0.875. The van der Waals surface area contributed by atoms with Gasteiger partial charge in [-0.15, -0.1) is 0 Å². The van der Waals surface area contributed by atoms with Crippen molar-refractivity contribution in [3.05, 3.63) is 29.8 Å². The molecule has 2 atom stereocenters. The molecule has 0 aliphatic carbocycles. The molecule has 4 nitrogen and oxygen atoms in total. The highest BCUT2D eigenvalue weighted by molar-refractivity contribution is 6.62. The molecule has 3 fully saturated rings. The van der Waals surface area contributed by atoms with E-state index in [1.807, 2.05) is 0 Å². The standard InChI is InChI=1S/C22H34BNO3/c1-20(2)21(3,4)27-23(26-20)17-11-9-16(10-12-17)13-22(25)14-18-7-6-8-19(15-22)24(18)5/h9-12,18-19,25H,6-8,13-15H2,1-5H3. The highest BCUT2D eigenvalue weighted by Crippen LogP contribution is 2.40. The smallest absolute Gasteiger partial charge is 0.399 e. The van der Waals surface area contributed by atoms with Gasteiger partial charge in [-0.2, -0.15) is 0 Å². The molecule has 2 unspecified atom stereocenters. The SMILES string of the molecule is CN1C2CCCC1CC(O)(Cc1ccc(B3OC(C)(C)C(C)(C)O3)cc1)C2. The number of piperidine rings is 2. The molecule has 1 aromatic rings. The van der Waals surface area contributed by atoms with Gasteiger partial charge in [-0.3, -0.25) is 0 Å². The van der Waals surface area contributed by atoms with Crippen molar-refractivity contribution in [3.8, 4) is 0 Å². The summed E-state index contributed by atoms with van der Waals surface area (Å²) in [5.41, 5.74) is 1.02. The Bertz CT molecular complexity index is 657. The zero-order valence-electron chi connectivity index (χ0n) is 17.5. The summed E-state index contributed by atoms with van der Waals surface area (Å²) in [5, 5.41) is 11.3. The Morgan fingerprint density at radius 3 is 2.04 bits per heavy atom. The average molecular weight is 371 g/mol. The van der Waals surface area contributed by atoms with Gasteiger partial charge in [-0.25, -0.2) is 0 Å². The van der Waals surface area contributed by atoms with Crippen LogP contribution in [0.15, 0.2) is 24.3 Å². The summed E-state index contributed by atoms with van der Waals surface area (Å²) in [6.45, 7) is 8.31. The van der Waals surface area contributed by atoms with Crippen molar-refractivity contribution in [1.82, 2.24) is 4.90 Å². The summed E-state index contributed by atoms with van der Waals surface area (Å²) in [5.74, 6) is 0. The minimum Gasteiger partial charge on any atom is -0.399 e. The number of hydrogen-bond acceptors (Lipinski definition) is 4. The lowest BCUT2D eigenvalue weighted by atomic mass is 9.73. The molecule has 1 aromatic carbocycles. The first-order valence-corrected chi connectivity index (χ1v) is 10.5. The van der Waals surface area contributed by atoms with Crippen LogP contribution in [0.1, 0.15) is 65.4 Å². The molecule has 3 aliphatic heterocycles. The second kappa shape index (κ2) is 6.58. The predicted octanol–water partition coefficient (Wildman–Crippen LogP) is 2.91. The first kappa shape index (κ1) is 19.4. The highest BCUT2D eigenvalue weighted by Gasteiger charge is 2.51. The third kappa shape index (κ3) is 3.60. The number of aliphatic hydroxyl groups is 1. The molecule has 0 aromatic heterocycles. The molecule has 3 saturated heterocycles. The molecule has 4 rings (SSSR count). The van der Waals surface area contributed by atoms with Crippen LogP contribution in [-0.2, 0) is 15.7 Å². The van der Waals surface area contributed by atoms with Gasteiger partial charge in [-0.1, -0.05) is 30.7 Å². The number of benzene rings is 1. The van der Waals surface area contributed by atoms with Gasteiger partial charge >= 0.3 is 7.12 Å². The van der Waals surface area contributed by atoms with E-state index in [1.54, 1.807) is 0 Å². The first-order valence-electron chi connectivity index (χ1n) is 10.5. The summed E-state index contributed by atoms with van der Waals surface area (Å²) in [7, 11) is 1.91. The van der Waals surface area contributed by atoms with Crippen molar-refractivity contribution in [2.45, 2.75) is 95.1 Å². The zero-order chi connectivity index (χ0) is 19.4. The summed E-state index contributed by atoms with van der Waals surface area (Å²) in [4.78, 5) is 2.50. The van der Waals surface area contributed by atoms with E-state index in [1.165, 1.54) is 24.8 Å². The normalized spacial score (nSPS) is 35.4. The van der Waals surface area contributed by atoms with E-state index >= 15 is 0 Å². The number of hydrogen-bond donors (Lipinski definition) is 1. The van der Waals surface area contributed by atoms with E-state index < -0.39 is 5.60 Å². The van der Waals surface area contributed by atoms with Gasteiger partial charge in [0.05, 0.1) is 16.8 Å². The van der Waals surface area contributed by atoms with Crippen molar-refractivity contribution in [3.63, 3.8) is 0 Å². The lowest BCUT2D eigenvalue weighted by Gasteiger charge is -2.50. The first-order chi connectivity index (χ1) is 12.6. The van der Waals surface area contributed by atoms with E-state index in [-0.39, 0.29) is 18.3 Å². The largest absolute Gasteiger partial charge is 0.494 e. The highest BCUT2D eigenvalue weighted by atomic mass is 16.7. The van der Waals surface area contributed by atoms with E-state index in [0.29, 0.717) is 12.1 Å². The fourth-order valence-electron chi connectivity index (χ4n) is 5.04. The van der Waals surface area contributed by atoms with Crippen LogP contribution >= 0.6 is 0 Å². The third-order valence-electron chi connectivity index (χ3n) is 7.50. The quantitative estimate of drug-likeness (QED) is 0.830. The van der Waals surface area contributed by atoms with Crippen LogP contribution in [0.25, 0.3) is 0 Å². The van der Waals surface area contributed by atoms with Crippen molar-refractivity contribution >= 4 is 12.6 Å². The molecule has 3 aliphatic rings. The lowest BCUT2D eigenvalue weighted by molar-refractivity contribution is -0.0820. The second-order valence-corrected chi connectivity index (χ2v) is 10.0. The van der Waals surface area contributed by atoms with Gasteiger partial charge in [0.15, 0.2) is 0 Å². The molecule has 5 heteroatoms. The number of rotatable bonds is 3. The molecule has 2 bridgehead atoms. The molecule has 0 spiro atoms. The van der Waals surface area contributed by atoms with Crippen LogP contribution < -0.4 is 5.46 Å². The number of fused-ring (bicyclic) bond motifs is 2. The molecule has 27 heavy (non-hydrogen) atoms. The van der Waals surface area contributed by atoms with E-state index in [4.69, 9.17) is 9.31 Å². The number of nitrogens with zero attached hydrogens (tertiary/aromatic N) is 1. The van der Waals surface area contributed by atoms with E-state index in [9.17, 15) is 5.11 Å². The fourth-order valence-corrected chi connectivity index (χ4v) is 5.04. The minimum atomic E-state index is -0.575. The van der Waals surface area contributed by atoms with Crippen LogP contribution in [0.3, 0.4) is 0 Å². The predicted molar refractivity (Wildman–Crippen MR) is 109 cm³/mol. The molecule has 0 amide bonds. The van der Waals surface area contributed by atoms with Crippen molar-refractivity contribution in [2.75, 3.05) is 7.05 Å². The van der Waals surface area contributed by atoms with Gasteiger partial charge in [0.2, 0.25) is 0 Å². The van der Waals surface area contributed by atoms with Crippen LogP contribution in [-0.4, -0.2) is 53.1 Å². The van der Waals surface area contributed by atoms with Gasteiger partial charge in [0, 0.05) is 18.5 Å². The minimum absolute atomic E-state index is 0.322. The summed E-state index contributed by atoms with van der Waals surface area (Å²) >= 11 is 0. The molecule has 1 N–H and O–H groups in total. The van der Waals surface area contributed by atoms with E-state index in [2.05, 4.69) is 63.9 Å². The lowest BCUT2D eigenvalue weighted by Crippen LogP contribution is -2.57. The Balaban J connectivity index is 1.44. The maximum atomic E-state index is 11.3. The third-order valence-corrected chi connectivity index (χ3v) is 7.50.